The summed E-state index contributed by atoms with van der Waals surface area (Å²) in [5.41, 5.74) is 0.381. The molecule has 1 N–H and O–H groups in total. The standard InChI is InChI=1S/C17H34N2/c1-5-14(3)16-12-19(11-15-9-7-8-10-15)17(4,6-2)13-18-16/h14-16,18H,5-13H2,1-4H3. The van der Waals surface area contributed by atoms with Crippen molar-refractivity contribution in [2.75, 3.05) is 19.6 Å². The van der Waals surface area contributed by atoms with Crippen molar-refractivity contribution in [3.8, 4) is 0 Å². The molecule has 2 rings (SSSR count). The molecule has 1 heterocycles. The lowest BCUT2D eigenvalue weighted by Crippen LogP contribution is -2.65. The molecule has 0 aromatic rings. The zero-order chi connectivity index (χ0) is 13.9. The second kappa shape index (κ2) is 6.58. The fourth-order valence-electron chi connectivity index (χ4n) is 3.80. The average molecular weight is 266 g/mol. The fourth-order valence-corrected chi connectivity index (χ4v) is 3.80. The molecule has 1 aliphatic carbocycles. The topological polar surface area (TPSA) is 15.3 Å². The smallest absolute Gasteiger partial charge is 0.0304 e. The first-order valence-electron chi connectivity index (χ1n) is 8.57. The van der Waals surface area contributed by atoms with Crippen LogP contribution < -0.4 is 5.32 Å². The Labute approximate surface area is 120 Å². The quantitative estimate of drug-likeness (QED) is 0.817. The summed E-state index contributed by atoms with van der Waals surface area (Å²) < 4.78 is 0. The van der Waals surface area contributed by atoms with Crippen molar-refractivity contribution in [2.24, 2.45) is 11.8 Å². The third kappa shape index (κ3) is 3.52. The minimum absolute atomic E-state index is 0.381. The highest BCUT2D eigenvalue weighted by Gasteiger charge is 2.38. The van der Waals surface area contributed by atoms with Crippen LogP contribution in [0.15, 0.2) is 0 Å². The van der Waals surface area contributed by atoms with Crippen LogP contribution in [0.3, 0.4) is 0 Å². The Kier molecular flexibility index (Phi) is 5.30. The van der Waals surface area contributed by atoms with Crippen molar-refractivity contribution in [3.05, 3.63) is 0 Å². The van der Waals surface area contributed by atoms with Crippen LogP contribution in [0.5, 0.6) is 0 Å². The number of rotatable bonds is 5. The molecule has 19 heavy (non-hydrogen) atoms. The molecular weight excluding hydrogens is 232 g/mol. The number of hydrogen-bond donors (Lipinski definition) is 1. The first kappa shape index (κ1) is 15.3. The third-order valence-corrected chi connectivity index (χ3v) is 5.97. The third-order valence-electron chi connectivity index (χ3n) is 5.97. The number of nitrogens with one attached hydrogen (secondary N) is 1. The van der Waals surface area contributed by atoms with Crippen molar-refractivity contribution < 1.29 is 0 Å². The molecule has 0 radical (unpaired) electrons. The summed E-state index contributed by atoms with van der Waals surface area (Å²) in [6.07, 6.45) is 8.43. The van der Waals surface area contributed by atoms with Gasteiger partial charge >= 0.3 is 0 Å². The maximum absolute atomic E-state index is 3.82. The van der Waals surface area contributed by atoms with Gasteiger partial charge in [0.25, 0.3) is 0 Å². The van der Waals surface area contributed by atoms with Crippen molar-refractivity contribution in [1.29, 1.82) is 0 Å². The van der Waals surface area contributed by atoms with Crippen molar-refractivity contribution in [1.82, 2.24) is 10.2 Å². The summed E-state index contributed by atoms with van der Waals surface area (Å²) in [6, 6.07) is 0.700. The van der Waals surface area contributed by atoms with Gasteiger partial charge in [0.2, 0.25) is 0 Å². The predicted octanol–water partition coefficient (Wildman–Crippen LogP) is 3.67. The SMILES string of the molecule is CCC(C)C1CN(CC2CCCC2)C(C)(CC)CN1. The molecule has 3 atom stereocenters. The lowest BCUT2D eigenvalue weighted by Gasteiger charge is -2.50. The minimum atomic E-state index is 0.381. The van der Waals surface area contributed by atoms with Gasteiger partial charge in [-0.2, -0.15) is 0 Å². The van der Waals surface area contributed by atoms with Gasteiger partial charge in [-0.05, 0) is 38.0 Å². The summed E-state index contributed by atoms with van der Waals surface area (Å²) in [5, 5.41) is 3.82. The monoisotopic (exact) mass is 266 g/mol. The number of piperazine rings is 1. The molecule has 0 aromatic carbocycles. The molecule has 1 aliphatic heterocycles. The largest absolute Gasteiger partial charge is 0.311 e. The van der Waals surface area contributed by atoms with Crippen LogP contribution in [0, 0.1) is 11.8 Å². The molecule has 0 amide bonds. The lowest BCUT2D eigenvalue weighted by molar-refractivity contribution is 0.0241. The summed E-state index contributed by atoms with van der Waals surface area (Å²) in [5.74, 6) is 1.77. The Morgan fingerprint density at radius 3 is 2.53 bits per heavy atom. The van der Waals surface area contributed by atoms with Crippen LogP contribution in [0.25, 0.3) is 0 Å². The molecular formula is C17H34N2. The Balaban J connectivity index is 1.99. The van der Waals surface area contributed by atoms with E-state index >= 15 is 0 Å². The van der Waals surface area contributed by atoms with E-state index in [0.29, 0.717) is 11.6 Å². The Hall–Kier alpha value is -0.0800. The van der Waals surface area contributed by atoms with Gasteiger partial charge in [-0.3, -0.25) is 4.90 Å². The van der Waals surface area contributed by atoms with Crippen LogP contribution in [0.1, 0.15) is 66.2 Å². The van der Waals surface area contributed by atoms with Gasteiger partial charge < -0.3 is 5.32 Å². The van der Waals surface area contributed by atoms with Gasteiger partial charge in [0.05, 0.1) is 0 Å². The van der Waals surface area contributed by atoms with E-state index in [-0.39, 0.29) is 0 Å². The van der Waals surface area contributed by atoms with E-state index in [0.717, 1.165) is 11.8 Å². The normalized spacial score (nSPS) is 35.7. The van der Waals surface area contributed by atoms with E-state index in [1.165, 1.54) is 58.2 Å². The van der Waals surface area contributed by atoms with E-state index in [2.05, 4.69) is 37.9 Å². The first-order valence-corrected chi connectivity index (χ1v) is 8.57. The van der Waals surface area contributed by atoms with Gasteiger partial charge in [0, 0.05) is 31.2 Å². The summed E-state index contributed by atoms with van der Waals surface area (Å²) >= 11 is 0. The molecule has 3 unspecified atom stereocenters. The van der Waals surface area contributed by atoms with E-state index in [1.54, 1.807) is 0 Å². The molecule has 0 aromatic heterocycles. The summed E-state index contributed by atoms with van der Waals surface area (Å²) in [6.45, 7) is 13.3. The Morgan fingerprint density at radius 1 is 1.26 bits per heavy atom. The number of hydrogen-bond acceptors (Lipinski definition) is 2. The first-order chi connectivity index (χ1) is 9.09. The highest BCUT2D eigenvalue weighted by atomic mass is 15.3. The second-order valence-electron chi connectivity index (χ2n) is 7.28. The van der Waals surface area contributed by atoms with E-state index in [4.69, 9.17) is 0 Å². The maximum atomic E-state index is 3.82. The molecule has 2 nitrogen and oxygen atoms in total. The lowest BCUT2D eigenvalue weighted by atomic mass is 9.87. The van der Waals surface area contributed by atoms with E-state index < -0.39 is 0 Å². The molecule has 0 bridgehead atoms. The molecule has 112 valence electrons. The van der Waals surface area contributed by atoms with Crippen LogP contribution in [0.2, 0.25) is 0 Å². The maximum Gasteiger partial charge on any atom is 0.0304 e. The highest BCUT2D eigenvalue weighted by molar-refractivity contribution is 4.97. The molecule has 2 heteroatoms. The van der Waals surface area contributed by atoms with Crippen LogP contribution in [0.4, 0.5) is 0 Å². The van der Waals surface area contributed by atoms with Crippen LogP contribution in [-0.2, 0) is 0 Å². The summed E-state index contributed by atoms with van der Waals surface area (Å²) in [4.78, 5) is 2.83. The number of nitrogens with zero attached hydrogens (tertiary/aromatic N) is 1. The highest BCUT2D eigenvalue weighted by Crippen LogP contribution is 2.31. The van der Waals surface area contributed by atoms with Crippen molar-refractivity contribution in [3.63, 3.8) is 0 Å². The molecule has 1 saturated heterocycles. The predicted molar refractivity (Wildman–Crippen MR) is 83.5 cm³/mol. The van der Waals surface area contributed by atoms with Crippen LogP contribution >= 0.6 is 0 Å². The van der Waals surface area contributed by atoms with Gasteiger partial charge in [-0.15, -0.1) is 0 Å². The molecule has 1 saturated carbocycles. The van der Waals surface area contributed by atoms with Gasteiger partial charge in [0.1, 0.15) is 0 Å². The zero-order valence-corrected chi connectivity index (χ0v) is 13.5. The van der Waals surface area contributed by atoms with Gasteiger partial charge in [0.15, 0.2) is 0 Å². The Morgan fingerprint density at radius 2 is 1.95 bits per heavy atom. The van der Waals surface area contributed by atoms with Crippen molar-refractivity contribution in [2.45, 2.75) is 77.8 Å². The average Bonchev–Trinajstić information content (AvgIpc) is 2.93. The molecule has 0 spiro atoms. The fraction of sp³-hybridized carbons (Fsp3) is 1.00. The van der Waals surface area contributed by atoms with E-state index in [9.17, 15) is 0 Å². The van der Waals surface area contributed by atoms with E-state index in [1.807, 2.05) is 0 Å². The molecule has 2 aliphatic rings. The van der Waals surface area contributed by atoms with Crippen LogP contribution in [-0.4, -0.2) is 36.1 Å². The van der Waals surface area contributed by atoms with Gasteiger partial charge in [-0.25, -0.2) is 0 Å². The zero-order valence-electron chi connectivity index (χ0n) is 13.5. The minimum Gasteiger partial charge on any atom is -0.311 e. The van der Waals surface area contributed by atoms with Gasteiger partial charge in [-0.1, -0.05) is 40.0 Å². The Bertz CT molecular complexity index is 272. The molecule has 2 fully saturated rings. The second-order valence-corrected chi connectivity index (χ2v) is 7.28. The van der Waals surface area contributed by atoms with Crippen molar-refractivity contribution >= 4 is 0 Å². The summed E-state index contributed by atoms with van der Waals surface area (Å²) in [7, 11) is 0.